The van der Waals surface area contributed by atoms with E-state index in [4.69, 9.17) is 0 Å². The van der Waals surface area contributed by atoms with Crippen molar-refractivity contribution >= 4 is 26.3 Å². The molecule has 1 nitrogen and oxygen atoms in total. The Morgan fingerprint density at radius 1 is 1.57 bits per heavy atom. The quantitative estimate of drug-likeness (QED) is 0.490. The molecule has 0 unspecified atom stereocenters. The summed E-state index contributed by atoms with van der Waals surface area (Å²) in [4.78, 5) is 4.15. The molecule has 0 N–H and O–H groups in total. The number of hydrogen-bond donors (Lipinski definition) is 0. The van der Waals surface area contributed by atoms with Crippen LogP contribution in [-0.4, -0.2) is 10.3 Å². The van der Waals surface area contributed by atoms with Crippen LogP contribution in [0, 0.1) is 0 Å². The van der Waals surface area contributed by atoms with Crippen LogP contribution in [0.5, 0.6) is 0 Å². The van der Waals surface area contributed by atoms with Crippen LogP contribution in [0.3, 0.4) is 0 Å². The Balaban J connectivity index is 3.29. The van der Waals surface area contributed by atoms with Crippen LogP contribution in [-0.2, 0) is 0 Å². The first-order valence-corrected chi connectivity index (χ1v) is 3.58. The molecule has 0 bridgehead atoms. The lowest BCUT2D eigenvalue weighted by Crippen LogP contribution is -1.81. The Morgan fingerprint density at radius 3 is 2.29 bits per heavy atom. The van der Waals surface area contributed by atoms with Gasteiger partial charge in [-0.2, -0.15) is 0 Å². The standard InChI is InChI=1S/C5H10IN/c1-3-5(6)7-4-2/h3-4H2,1-2H3. The van der Waals surface area contributed by atoms with Crippen LogP contribution in [0.2, 0.25) is 0 Å². The predicted octanol–water partition coefficient (Wildman–Crippen LogP) is 2.25. The predicted molar refractivity (Wildman–Crippen MR) is 42.3 cm³/mol. The lowest BCUT2D eigenvalue weighted by atomic mass is 10.5. The minimum absolute atomic E-state index is 0.923. The third-order valence-electron chi connectivity index (χ3n) is 0.621. The van der Waals surface area contributed by atoms with Gasteiger partial charge in [0, 0.05) is 6.54 Å². The monoisotopic (exact) mass is 211 g/mol. The SMILES string of the molecule is CCN=C(I)CC. The second-order valence-electron chi connectivity index (χ2n) is 1.20. The van der Waals surface area contributed by atoms with E-state index in [0.29, 0.717) is 0 Å². The zero-order valence-electron chi connectivity index (χ0n) is 4.74. The summed E-state index contributed by atoms with van der Waals surface area (Å²) in [6.07, 6.45) is 1.08. The zero-order chi connectivity index (χ0) is 5.70. The maximum absolute atomic E-state index is 4.15. The Morgan fingerprint density at radius 2 is 2.14 bits per heavy atom. The van der Waals surface area contributed by atoms with Crippen molar-refractivity contribution in [1.29, 1.82) is 0 Å². The third kappa shape index (κ3) is 4.25. The van der Waals surface area contributed by atoms with Gasteiger partial charge in [-0.05, 0) is 35.9 Å². The average Bonchev–Trinajstić information content (AvgIpc) is 1.68. The molecule has 0 aliphatic carbocycles. The average molecular weight is 211 g/mol. The molecule has 0 spiro atoms. The van der Waals surface area contributed by atoms with Crippen molar-refractivity contribution in [3.05, 3.63) is 0 Å². The van der Waals surface area contributed by atoms with E-state index in [-0.39, 0.29) is 0 Å². The van der Waals surface area contributed by atoms with Gasteiger partial charge in [-0.3, -0.25) is 4.99 Å². The molecule has 0 rings (SSSR count). The summed E-state index contributed by atoms with van der Waals surface area (Å²) < 4.78 is 1.22. The minimum atomic E-state index is 0.923. The van der Waals surface area contributed by atoms with Crippen molar-refractivity contribution < 1.29 is 0 Å². The van der Waals surface area contributed by atoms with Crippen LogP contribution in [0.4, 0.5) is 0 Å². The maximum atomic E-state index is 4.15. The van der Waals surface area contributed by atoms with Crippen LogP contribution in [0.1, 0.15) is 20.3 Å². The highest BCUT2D eigenvalue weighted by Gasteiger charge is 1.80. The van der Waals surface area contributed by atoms with Gasteiger partial charge in [0.2, 0.25) is 0 Å². The fraction of sp³-hybridized carbons (Fsp3) is 0.800. The first kappa shape index (κ1) is 7.40. The summed E-state index contributed by atoms with van der Waals surface area (Å²) in [5, 5.41) is 0. The van der Waals surface area contributed by atoms with Gasteiger partial charge < -0.3 is 0 Å². The molecule has 0 aliphatic rings. The van der Waals surface area contributed by atoms with Crippen LogP contribution in [0.15, 0.2) is 4.99 Å². The number of nitrogens with zero attached hydrogens (tertiary/aromatic N) is 1. The third-order valence-corrected chi connectivity index (χ3v) is 1.73. The molecule has 0 fully saturated rings. The Bertz CT molecular complexity index is 68.5. The van der Waals surface area contributed by atoms with Gasteiger partial charge >= 0.3 is 0 Å². The summed E-state index contributed by atoms with van der Waals surface area (Å²) in [6.45, 7) is 5.08. The van der Waals surface area contributed by atoms with Crippen molar-refractivity contribution in [2.24, 2.45) is 4.99 Å². The molecule has 0 aliphatic heterocycles. The highest BCUT2D eigenvalue weighted by Crippen LogP contribution is 1.94. The molecule has 7 heavy (non-hydrogen) atoms. The normalized spacial score (nSPS) is 12.1. The molecule has 0 heterocycles. The van der Waals surface area contributed by atoms with Crippen molar-refractivity contribution in [1.82, 2.24) is 0 Å². The van der Waals surface area contributed by atoms with E-state index in [1.54, 1.807) is 0 Å². The van der Waals surface area contributed by atoms with Crippen LogP contribution in [0.25, 0.3) is 0 Å². The molecular weight excluding hydrogens is 201 g/mol. The molecule has 0 aromatic rings. The molecule has 0 amide bonds. The highest BCUT2D eigenvalue weighted by atomic mass is 127. The summed E-state index contributed by atoms with van der Waals surface area (Å²) in [6, 6.07) is 0. The van der Waals surface area contributed by atoms with E-state index in [9.17, 15) is 0 Å². The number of rotatable bonds is 2. The molecule has 0 saturated heterocycles. The number of aliphatic imine (C=N–C) groups is 1. The van der Waals surface area contributed by atoms with E-state index in [0.717, 1.165) is 13.0 Å². The largest absolute Gasteiger partial charge is 0.284 e. The van der Waals surface area contributed by atoms with Gasteiger partial charge in [-0.25, -0.2) is 0 Å². The van der Waals surface area contributed by atoms with E-state index in [2.05, 4.69) is 34.5 Å². The van der Waals surface area contributed by atoms with Gasteiger partial charge in [0.05, 0.1) is 3.72 Å². The number of hydrogen-bond acceptors (Lipinski definition) is 1. The minimum Gasteiger partial charge on any atom is -0.284 e. The van der Waals surface area contributed by atoms with Crippen molar-refractivity contribution in [2.75, 3.05) is 6.54 Å². The van der Waals surface area contributed by atoms with Crippen LogP contribution >= 0.6 is 22.6 Å². The zero-order valence-corrected chi connectivity index (χ0v) is 6.90. The summed E-state index contributed by atoms with van der Waals surface area (Å²) in [5.74, 6) is 0. The van der Waals surface area contributed by atoms with Crippen molar-refractivity contribution in [2.45, 2.75) is 20.3 Å². The van der Waals surface area contributed by atoms with E-state index in [1.165, 1.54) is 3.72 Å². The first-order chi connectivity index (χ1) is 3.31. The molecule has 0 aromatic carbocycles. The smallest absolute Gasteiger partial charge is 0.0725 e. The molecule has 2 heteroatoms. The first-order valence-electron chi connectivity index (χ1n) is 2.50. The Hall–Kier alpha value is 0.400. The topological polar surface area (TPSA) is 12.4 Å². The molecular formula is C5H10IN. The van der Waals surface area contributed by atoms with Gasteiger partial charge in [0.1, 0.15) is 0 Å². The molecule has 0 radical (unpaired) electrons. The molecule has 42 valence electrons. The van der Waals surface area contributed by atoms with Crippen LogP contribution < -0.4 is 0 Å². The van der Waals surface area contributed by atoms with Crippen molar-refractivity contribution in [3.8, 4) is 0 Å². The fourth-order valence-corrected chi connectivity index (χ4v) is 0.624. The fourth-order valence-electron chi connectivity index (χ4n) is 0.283. The lowest BCUT2D eigenvalue weighted by Gasteiger charge is -1.85. The van der Waals surface area contributed by atoms with Gasteiger partial charge in [0.25, 0.3) is 0 Å². The Kier molecular flexibility index (Phi) is 4.82. The summed E-state index contributed by atoms with van der Waals surface area (Å²) >= 11 is 2.26. The maximum Gasteiger partial charge on any atom is 0.0725 e. The Labute approximate surface area is 58.4 Å². The summed E-state index contributed by atoms with van der Waals surface area (Å²) in [7, 11) is 0. The lowest BCUT2D eigenvalue weighted by molar-refractivity contribution is 1.12. The van der Waals surface area contributed by atoms with Gasteiger partial charge in [-0.1, -0.05) is 6.92 Å². The van der Waals surface area contributed by atoms with Gasteiger partial charge in [0.15, 0.2) is 0 Å². The van der Waals surface area contributed by atoms with E-state index < -0.39 is 0 Å². The molecule has 0 atom stereocenters. The second-order valence-corrected chi connectivity index (χ2v) is 2.45. The van der Waals surface area contributed by atoms with Gasteiger partial charge in [-0.15, -0.1) is 0 Å². The molecule has 0 saturated carbocycles. The van der Waals surface area contributed by atoms with E-state index >= 15 is 0 Å². The molecule has 0 aromatic heterocycles. The van der Waals surface area contributed by atoms with Crippen molar-refractivity contribution in [3.63, 3.8) is 0 Å². The number of halogens is 1. The highest BCUT2D eigenvalue weighted by molar-refractivity contribution is 14.1. The van der Waals surface area contributed by atoms with E-state index in [1.807, 2.05) is 6.92 Å². The summed E-state index contributed by atoms with van der Waals surface area (Å²) in [5.41, 5.74) is 0. The second kappa shape index (κ2) is 4.56.